The number of aromatic nitrogens is 3. The summed E-state index contributed by atoms with van der Waals surface area (Å²) in [6.45, 7) is 7.34. The first-order chi connectivity index (χ1) is 15.1. The van der Waals surface area contributed by atoms with Gasteiger partial charge in [0, 0.05) is 55.0 Å². The number of aliphatic imine (C=N–C) groups is 1. The average Bonchev–Trinajstić information content (AvgIpc) is 3.42. The van der Waals surface area contributed by atoms with Crippen LogP contribution < -0.4 is 15.5 Å². The zero-order valence-corrected chi connectivity index (χ0v) is 21.4. The van der Waals surface area contributed by atoms with Crippen LogP contribution in [0.4, 0.5) is 5.69 Å². The maximum atomic E-state index is 6.15. The molecule has 1 aromatic carbocycles. The summed E-state index contributed by atoms with van der Waals surface area (Å²) >= 11 is 6.15. The maximum absolute atomic E-state index is 6.15. The molecule has 0 spiro atoms. The molecule has 7 nitrogen and oxygen atoms in total. The molecule has 1 aliphatic heterocycles. The Bertz CT molecular complexity index is 1030. The van der Waals surface area contributed by atoms with Gasteiger partial charge in [0.1, 0.15) is 11.6 Å². The van der Waals surface area contributed by atoms with Crippen LogP contribution >= 0.6 is 35.6 Å². The number of benzene rings is 1. The summed E-state index contributed by atoms with van der Waals surface area (Å²) < 4.78 is 1.96. The van der Waals surface area contributed by atoms with Gasteiger partial charge in [-0.05, 0) is 50.1 Å². The molecule has 32 heavy (non-hydrogen) atoms. The molecular weight excluding hydrogens is 537 g/mol. The van der Waals surface area contributed by atoms with Gasteiger partial charge in [-0.2, -0.15) is 0 Å². The van der Waals surface area contributed by atoms with E-state index >= 15 is 0 Å². The van der Waals surface area contributed by atoms with Gasteiger partial charge >= 0.3 is 0 Å². The third-order valence-electron chi connectivity index (χ3n) is 5.35. The first-order valence-corrected chi connectivity index (χ1v) is 11.0. The second-order valence-corrected chi connectivity index (χ2v) is 8.06. The summed E-state index contributed by atoms with van der Waals surface area (Å²) in [6.07, 6.45) is 6.62. The van der Waals surface area contributed by atoms with E-state index in [1.807, 2.05) is 48.1 Å². The van der Waals surface area contributed by atoms with Crippen molar-refractivity contribution in [3.8, 4) is 5.82 Å². The second kappa shape index (κ2) is 11.5. The first kappa shape index (κ1) is 24.3. The Kier molecular flexibility index (Phi) is 8.75. The van der Waals surface area contributed by atoms with Crippen LogP contribution in [0.25, 0.3) is 5.82 Å². The summed E-state index contributed by atoms with van der Waals surface area (Å²) in [6, 6.07) is 12.4. The molecule has 1 unspecified atom stereocenters. The zero-order chi connectivity index (χ0) is 21.6. The standard InChI is InChI=1S/C23H28ClN7.HI/c1-3-25-23(29-20-9-11-30(16-20)21-6-4-5-19(24)13-21)28-15-18-7-8-22(27-14-18)31-12-10-26-17(31)2;/h4-8,10,12-14,20H,3,9,11,15-16H2,1-2H3,(H2,25,28,29);1H. The van der Waals surface area contributed by atoms with E-state index in [-0.39, 0.29) is 24.0 Å². The van der Waals surface area contributed by atoms with E-state index in [2.05, 4.69) is 44.6 Å². The fraction of sp³-hybridized carbons (Fsp3) is 0.348. The number of aryl methyl sites for hydroxylation is 1. The van der Waals surface area contributed by atoms with Crippen molar-refractivity contribution in [2.75, 3.05) is 24.5 Å². The summed E-state index contributed by atoms with van der Waals surface area (Å²) in [7, 11) is 0. The molecule has 2 aromatic heterocycles. The van der Waals surface area contributed by atoms with Gasteiger partial charge in [-0.1, -0.05) is 23.7 Å². The number of halogens is 2. The molecule has 4 rings (SSSR count). The highest BCUT2D eigenvalue weighted by molar-refractivity contribution is 14.0. The molecule has 9 heteroatoms. The van der Waals surface area contributed by atoms with Gasteiger partial charge < -0.3 is 15.5 Å². The number of rotatable bonds is 6. The van der Waals surface area contributed by atoms with E-state index in [1.165, 1.54) is 0 Å². The predicted molar refractivity (Wildman–Crippen MR) is 142 cm³/mol. The molecule has 0 aliphatic carbocycles. The highest BCUT2D eigenvalue weighted by Gasteiger charge is 2.23. The second-order valence-electron chi connectivity index (χ2n) is 7.62. The van der Waals surface area contributed by atoms with E-state index in [1.54, 1.807) is 6.20 Å². The summed E-state index contributed by atoms with van der Waals surface area (Å²) in [5.74, 6) is 2.61. The van der Waals surface area contributed by atoms with E-state index in [4.69, 9.17) is 16.6 Å². The predicted octanol–water partition coefficient (Wildman–Crippen LogP) is 4.18. The van der Waals surface area contributed by atoms with Crippen molar-refractivity contribution >= 4 is 47.2 Å². The van der Waals surface area contributed by atoms with Gasteiger partial charge in [-0.25, -0.2) is 15.0 Å². The summed E-state index contributed by atoms with van der Waals surface area (Å²) in [4.78, 5) is 15.9. The monoisotopic (exact) mass is 565 g/mol. The molecule has 1 aliphatic rings. The molecule has 0 amide bonds. The molecule has 1 atom stereocenters. The van der Waals surface area contributed by atoms with E-state index in [9.17, 15) is 0 Å². The van der Waals surface area contributed by atoms with Gasteiger partial charge in [-0.15, -0.1) is 24.0 Å². The summed E-state index contributed by atoms with van der Waals surface area (Å²) in [5.41, 5.74) is 2.23. The Balaban J connectivity index is 0.00000289. The number of hydrogen-bond acceptors (Lipinski definition) is 4. The number of pyridine rings is 1. The Morgan fingerprint density at radius 1 is 1.25 bits per heavy atom. The first-order valence-electron chi connectivity index (χ1n) is 10.6. The van der Waals surface area contributed by atoms with Gasteiger partial charge in [0.2, 0.25) is 0 Å². The topological polar surface area (TPSA) is 70.4 Å². The number of imidazole rings is 1. The Hall–Kier alpha value is -2.33. The van der Waals surface area contributed by atoms with Crippen LogP contribution in [-0.2, 0) is 6.54 Å². The van der Waals surface area contributed by atoms with Gasteiger partial charge in [0.05, 0.1) is 6.54 Å². The number of hydrogen-bond donors (Lipinski definition) is 2. The smallest absolute Gasteiger partial charge is 0.191 e. The number of nitrogens with one attached hydrogen (secondary N) is 2. The minimum Gasteiger partial charge on any atom is -0.369 e. The minimum atomic E-state index is 0. The molecule has 0 saturated carbocycles. The Morgan fingerprint density at radius 3 is 2.81 bits per heavy atom. The third-order valence-corrected chi connectivity index (χ3v) is 5.58. The summed E-state index contributed by atoms with van der Waals surface area (Å²) in [5, 5.41) is 7.70. The van der Waals surface area contributed by atoms with Crippen molar-refractivity contribution in [3.05, 3.63) is 71.4 Å². The SMILES string of the molecule is CCNC(=NCc1ccc(-n2ccnc2C)nc1)NC1CCN(c2cccc(Cl)c2)C1.I. The molecular formula is C23H29ClIN7. The van der Waals surface area contributed by atoms with Crippen molar-refractivity contribution in [1.82, 2.24) is 25.2 Å². The van der Waals surface area contributed by atoms with E-state index < -0.39 is 0 Å². The zero-order valence-electron chi connectivity index (χ0n) is 18.3. The highest BCUT2D eigenvalue weighted by atomic mass is 127. The van der Waals surface area contributed by atoms with Crippen molar-refractivity contribution in [2.45, 2.75) is 32.9 Å². The molecule has 3 heterocycles. The Morgan fingerprint density at radius 2 is 2.12 bits per heavy atom. The lowest BCUT2D eigenvalue weighted by molar-refractivity contribution is 0.649. The number of anilines is 1. The molecule has 0 bridgehead atoms. The van der Waals surface area contributed by atoms with Gasteiger partial charge in [0.25, 0.3) is 0 Å². The van der Waals surface area contributed by atoms with Crippen LogP contribution in [0, 0.1) is 6.92 Å². The number of nitrogens with zero attached hydrogens (tertiary/aromatic N) is 5. The normalized spacial score (nSPS) is 16.0. The highest BCUT2D eigenvalue weighted by Crippen LogP contribution is 2.23. The maximum Gasteiger partial charge on any atom is 0.191 e. The lowest BCUT2D eigenvalue weighted by Crippen LogP contribution is -2.44. The largest absolute Gasteiger partial charge is 0.369 e. The van der Waals surface area contributed by atoms with Crippen LogP contribution in [0.15, 0.2) is 60.0 Å². The molecule has 170 valence electrons. The lowest BCUT2D eigenvalue weighted by atomic mass is 10.2. The van der Waals surface area contributed by atoms with Crippen LogP contribution in [0.3, 0.4) is 0 Å². The molecule has 3 aromatic rings. The fourth-order valence-corrected chi connectivity index (χ4v) is 3.93. The quantitative estimate of drug-likeness (QED) is 0.267. The van der Waals surface area contributed by atoms with Gasteiger partial charge in [0.15, 0.2) is 5.96 Å². The van der Waals surface area contributed by atoms with Crippen molar-refractivity contribution < 1.29 is 0 Å². The number of guanidine groups is 1. The fourth-order valence-electron chi connectivity index (χ4n) is 3.74. The average molecular weight is 566 g/mol. The molecule has 2 N–H and O–H groups in total. The molecule has 1 fully saturated rings. The van der Waals surface area contributed by atoms with Crippen LogP contribution in [-0.4, -0.2) is 46.2 Å². The van der Waals surface area contributed by atoms with Crippen molar-refractivity contribution in [2.24, 2.45) is 4.99 Å². The van der Waals surface area contributed by atoms with Crippen LogP contribution in [0.2, 0.25) is 5.02 Å². The van der Waals surface area contributed by atoms with E-state index in [0.29, 0.717) is 12.6 Å². The van der Waals surface area contributed by atoms with E-state index in [0.717, 1.165) is 59.9 Å². The van der Waals surface area contributed by atoms with Gasteiger partial charge in [-0.3, -0.25) is 4.57 Å². The molecule has 0 radical (unpaired) electrons. The van der Waals surface area contributed by atoms with Crippen LogP contribution in [0.1, 0.15) is 24.7 Å². The third kappa shape index (κ3) is 6.13. The van der Waals surface area contributed by atoms with Crippen molar-refractivity contribution in [3.63, 3.8) is 0 Å². The molecule has 1 saturated heterocycles. The van der Waals surface area contributed by atoms with Crippen molar-refractivity contribution in [1.29, 1.82) is 0 Å². The Labute approximate surface area is 211 Å². The van der Waals surface area contributed by atoms with Crippen LogP contribution in [0.5, 0.6) is 0 Å². The minimum absolute atomic E-state index is 0. The lowest BCUT2D eigenvalue weighted by Gasteiger charge is -2.20.